The van der Waals surface area contributed by atoms with Crippen molar-refractivity contribution in [2.75, 3.05) is 0 Å². The molecule has 1 aromatic carbocycles. The lowest BCUT2D eigenvalue weighted by atomic mass is 10.0. The highest BCUT2D eigenvalue weighted by Gasteiger charge is 2.17. The van der Waals surface area contributed by atoms with Crippen molar-refractivity contribution in [2.24, 2.45) is 0 Å². The van der Waals surface area contributed by atoms with Crippen LogP contribution in [0, 0.1) is 5.95 Å². The molecule has 3 nitrogen and oxygen atoms in total. The molecule has 0 aliphatic carbocycles. The Labute approximate surface area is 91.2 Å². The van der Waals surface area contributed by atoms with E-state index < -0.39 is 17.5 Å². The third-order valence-corrected chi connectivity index (χ3v) is 2.20. The SMILES string of the molecule is O=C(O)c1c(-c2ccccc2)ccnc1F. The van der Waals surface area contributed by atoms with Crippen LogP contribution in [0.1, 0.15) is 10.4 Å². The molecule has 1 aromatic heterocycles. The predicted molar refractivity (Wildman–Crippen MR) is 56.6 cm³/mol. The molecule has 80 valence electrons. The van der Waals surface area contributed by atoms with Crippen molar-refractivity contribution in [1.29, 1.82) is 0 Å². The second-order valence-corrected chi connectivity index (χ2v) is 3.20. The molecule has 2 aromatic rings. The maximum absolute atomic E-state index is 13.3. The minimum absolute atomic E-state index is 0.334. The third kappa shape index (κ3) is 1.77. The molecule has 0 spiro atoms. The molecular weight excluding hydrogens is 209 g/mol. The quantitative estimate of drug-likeness (QED) is 0.786. The lowest BCUT2D eigenvalue weighted by molar-refractivity contribution is 0.0691. The Morgan fingerprint density at radius 2 is 1.88 bits per heavy atom. The van der Waals surface area contributed by atoms with E-state index in [1.165, 1.54) is 12.3 Å². The van der Waals surface area contributed by atoms with Crippen molar-refractivity contribution >= 4 is 5.97 Å². The van der Waals surface area contributed by atoms with Gasteiger partial charge in [0.1, 0.15) is 5.56 Å². The second kappa shape index (κ2) is 4.10. The maximum atomic E-state index is 13.3. The minimum Gasteiger partial charge on any atom is -0.478 e. The Hall–Kier alpha value is -2.23. The first kappa shape index (κ1) is 10.3. The summed E-state index contributed by atoms with van der Waals surface area (Å²) in [6.07, 6.45) is 1.25. The van der Waals surface area contributed by atoms with Gasteiger partial charge in [-0.2, -0.15) is 4.39 Å². The fraction of sp³-hybridized carbons (Fsp3) is 0. The van der Waals surface area contributed by atoms with Crippen molar-refractivity contribution < 1.29 is 14.3 Å². The summed E-state index contributed by atoms with van der Waals surface area (Å²) >= 11 is 0. The molecule has 0 unspecified atom stereocenters. The van der Waals surface area contributed by atoms with Crippen LogP contribution in [0.3, 0.4) is 0 Å². The largest absolute Gasteiger partial charge is 0.478 e. The number of carboxylic acid groups (broad SMARTS) is 1. The van der Waals surface area contributed by atoms with Gasteiger partial charge in [0.05, 0.1) is 0 Å². The van der Waals surface area contributed by atoms with E-state index in [0.29, 0.717) is 11.1 Å². The van der Waals surface area contributed by atoms with Gasteiger partial charge in [0.25, 0.3) is 0 Å². The molecule has 2 rings (SSSR count). The molecule has 0 saturated carbocycles. The molecule has 0 amide bonds. The first-order valence-corrected chi connectivity index (χ1v) is 4.63. The van der Waals surface area contributed by atoms with Gasteiger partial charge in [0.2, 0.25) is 5.95 Å². The van der Waals surface area contributed by atoms with Crippen LogP contribution in [0.2, 0.25) is 0 Å². The summed E-state index contributed by atoms with van der Waals surface area (Å²) in [6.45, 7) is 0. The van der Waals surface area contributed by atoms with Crippen LogP contribution in [0.25, 0.3) is 11.1 Å². The van der Waals surface area contributed by atoms with E-state index in [4.69, 9.17) is 5.11 Å². The summed E-state index contributed by atoms with van der Waals surface area (Å²) in [5.74, 6) is -2.28. The molecule has 0 radical (unpaired) electrons. The zero-order valence-corrected chi connectivity index (χ0v) is 8.22. The molecule has 1 N–H and O–H groups in total. The number of hydrogen-bond donors (Lipinski definition) is 1. The van der Waals surface area contributed by atoms with Crippen LogP contribution in [0.4, 0.5) is 4.39 Å². The van der Waals surface area contributed by atoms with Gasteiger partial charge in [-0.25, -0.2) is 9.78 Å². The highest BCUT2D eigenvalue weighted by molar-refractivity contribution is 5.95. The van der Waals surface area contributed by atoms with Crippen LogP contribution in [0.5, 0.6) is 0 Å². The van der Waals surface area contributed by atoms with E-state index in [1.807, 2.05) is 6.07 Å². The minimum atomic E-state index is -1.32. The Balaban J connectivity index is 2.66. The van der Waals surface area contributed by atoms with Crippen molar-refractivity contribution in [3.63, 3.8) is 0 Å². The molecule has 1 heterocycles. The lowest BCUT2D eigenvalue weighted by Crippen LogP contribution is -2.05. The number of aromatic nitrogens is 1. The Morgan fingerprint density at radius 1 is 1.19 bits per heavy atom. The van der Waals surface area contributed by atoms with Gasteiger partial charge in [0.15, 0.2) is 0 Å². The zero-order valence-electron chi connectivity index (χ0n) is 8.22. The molecule has 0 aliphatic rings. The highest BCUT2D eigenvalue weighted by Crippen LogP contribution is 2.24. The highest BCUT2D eigenvalue weighted by atomic mass is 19.1. The van der Waals surface area contributed by atoms with E-state index in [1.54, 1.807) is 24.3 Å². The van der Waals surface area contributed by atoms with Gasteiger partial charge in [-0.1, -0.05) is 30.3 Å². The monoisotopic (exact) mass is 217 g/mol. The molecule has 4 heteroatoms. The van der Waals surface area contributed by atoms with Crippen LogP contribution in [0.15, 0.2) is 42.6 Å². The predicted octanol–water partition coefficient (Wildman–Crippen LogP) is 2.59. The first-order valence-electron chi connectivity index (χ1n) is 4.63. The number of pyridine rings is 1. The molecule has 0 atom stereocenters. The van der Waals surface area contributed by atoms with Gasteiger partial charge in [0, 0.05) is 11.8 Å². The summed E-state index contributed by atoms with van der Waals surface area (Å²) in [5.41, 5.74) is 0.593. The fourth-order valence-corrected chi connectivity index (χ4v) is 1.50. The van der Waals surface area contributed by atoms with E-state index in [2.05, 4.69) is 4.98 Å². The Morgan fingerprint density at radius 3 is 2.50 bits per heavy atom. The molecule has 0 fully saturated rings. The number of rotatable bonds is 2. The summed E-state index contributed by atoms with van der Waals surface area (Å²) < 4.78 is 13.3. The van der Waals surface area contributed by atoms with Crippen LogP contribution in [-0.2, 0) is 0 Å². The molecule has 16 heavy (non-hydrogen) atoms. The summed E-state index contributed by atoms with van der Waals surface area (Å²) in [5, 5.41) is 8.93. The number of hydrogen-bond acceptors (Lipinski definition) is 2. The number of aromatic carboxylic acids is 1. The number of carbonyl (C=O) groups is 1. The third-order valence-electron chi connectivity index (χ3n) is 2.20. The second-order valence-electron chi connectivity index (χ2n) is 3.20. The smallest absolute Gasteiger partial charge is 0.341 e. The van der Waals surface area contributed by atoms with Crippen LogP contribution >= 0.6 is 0 Å². The number of nitrogens with zero attached hydrogens (tertiary/aromatic N) is 1. The summed E-state index contributed by atoms with van der Waals surface area (Å²) in [6, 6.07) is 10.3. The molecular formula is C12H8FNO2. The maximum Gasteiger partial charge on any atom is 0.341 e. The van der Waals surface area contributed by atoms with Crippen LogP contribution < -0.4 is 0 Å². The average molecular weight is 217 g/mol. The van der Waals surface area contributed by atoms with E-state index in [9.17, 15) is 9.18 Å². The van der Waals surface area contributed by atoms with Crippen molar-refractivity contribution in [3.8, 4) is 11.1 Å². The summed E-state index contributed by atoms with van der Waals surface area (Å²) in [4.78, 5) is 14.3. The summed E-state index contributed by atoms with van der Waals surface area (Å²) in [7, 11) is 0. The van der Waals surface area contributed by atoms with Gasteiger partial charge in [-0.05, 0) is 11.6 Å². The van der Waals surface area contributed by atoms with E-state index >= 15 is 0 Å². The molecule has 0 saturated heterocycles. The van der Waals surface area contributed by atoms with E-state index in [0.717, 1.165) is 0 Å². The standard InChI is InChI=1S/C12H8FNO2/c13-11-10(12(15)16)9(6-7-14-11)8-4-2-1-3-5-8/h1-7H,(H,15,16). The Bertz CT molecular complexity index is 526. The molecule has 0 aliphatic heterocycles. The number of halogens is 1. The topological polar surface area (TPSA) is 50.2 Å². The average Bonchev–Trinajstić information content (AvgIpc) is 2.29. The molecule has 0 bridgehead atoms. The first-order chi connectivity index (χ1) is 7.70. The number of carboxylic acids is 1. The van der Waals surface area contributed by atoms with Crippen molar-refractivity contribution in [2.45, 2.75) is 0 Å². The van der Waals surface area contributed by atoms with Crippen LogP contribution in [-0.4, -0.2) is 16.1 Å². The van der Waals surface area contributed by atoms with E-state index in [-0.39, 0.29) is 0 Å². The number of benzene rings is 1. The van der Waals surface area contributed by atoms with Gasteiger partial charge < -0.3 is 5.11 Å². The zero-order chi connectivity index (χ0) is 11.5. The Kier molecular flexibility index (Phi) is 2.64. The van der Waals surface area contributed by atoms with Crippen molar-refractivity contribution in [3.05, 3.63) is 54.1 Å². The van der Waals surface area contributed by atoms with Gasteiger partial charge in [-0.3, -0.25) is 0 Å². The van der Waals surface area contributed by atoms with Crippen molar-refractivity contribution in [1.82, 2.24) is 4.98 Å². The normalized spacial score (nSPS) is 10.1. The fourth-order valence-electron chi connectivity index (χ4n) is 1.50. The lowest BCUT2D eigenvalue weighted by Gasteiger charge is -2.05. The van der Waals surface area contributed by atoms with Gasteiger partial charge >= 0.3 is 5.97 Å². The van der Waals surface area contributed by atoms with Gasteiger partial charge in [-0.15, -0.1) is 0 Å².